The van der Waals surface area contributed by atoms with E-state index in [4.69, 9.17) is 0 Å². The lowest BCUT2D eigenvalue weighted by Crippen LogP contribution is -2.30. The Bertz CT molecular complexity index is 116. The van der Waals surface area contributed by atoms with Crippen LogP contribution in [0.15, 0.2) is 0 Å². The van der Waals surface area contributed by atoms with Gasteiger partial charge in [-0.05, 0) is 38.9 Å². The highest BCUT2D eigenvalue weighted by Gasteiger charge is 2.08. The van der Waals surface area contributed by atoms with Gasteiger partial charge in [0.15, 0.2) is 0 Å². The normalized spacial score (nSPS) is 18.6. The Kier molecular flexibility index (Phi) is 7.12. The van der Waals surface area contributed by atoms with Crippen LogP contribution in [0.1, 0.15) is 64.7 Å². The third-order valence-corrected chi connectivity index (χ3v) is 3.28. The predicted octanol–water partition coefficient (Wildman–Crippen LogP) is 3.83. The van der Waals surface area contributed by atoms with E-state index in [0.717, 1.165) is 0 Å². The van der Waals surface area contributed by atoms with Crippen LogP contribution in [0.5, 0.6) is 0 Å². The number of hydrogen-bond acceptors (Lipinski definition) is 1. The van der Waals surface area contributed by atoms with Crippen molar-refractivity contribution >= 4 is 0 Å². The lowest BCUT2D eigenvalue weighted by atomic mass is 10.1. The van der Waals surface area contributed by atoms with Crippen LogP contribution in [0.4, 0.5) is 0 Å². The fraction of sp³-hybridized carbons (Fsp3) is 1.00. The number of likely N-dealkylation sites (tertiary alicyclic amines) is 1. The van der Waals surface area contributed by atoms with E-state index in [1.165, 1.54) is 77.4 Å². The molecule has 14 heavy (non-hydrogen) atoms. The van der Waals surface area contributed by atoms with Gasteiger partial charge in [-0.3, -0.25) is 0 Å². The molecule has 0 N–H and O–H groups in total. The molecule has 0 aromatic rings. The van der Waals surface area contributed by atoms with Gasteiger partial charge in [0.25, 0.3) is 0 Å². The summed E-state index contributed by atoms with van der Waals surface area (Å²) < 4.78 is 0. The second-order valence-electron chi connectivity index (χ2n) is 4.67. The molecule has 1 aliphatic rings. The highest BCUT2D eigenvalue weighted by Crippen LogP contribution is 2.11. The third-order valence-electron chi connectivity index (χ3n) is 3.28. The van der Waals surface area contributed by atoms with Gasteiger partial charge in [0.05, 0.1) is 0 Å². The molecular weight excluding hydrogens is 170 g/mol. The van der Waals surface area contributed by atoms with Crippen molar-refractivity contribution in [2.75, 3.05) is 19.6 Å². The van der Waals surface area contributed by atoms with Crippen LogP contribution in [0.25, 0.3) is 0 Å². The Labute approximate surface area is 89.9 Å². The van der Waals surface area contributed by atoms with Gasteiger partial charge in [-0.25, -0.2) is 0 Å². The maximum absolute atomic E-state index is 2.66. The topological polar surface area (TPSA) is 3.24 Å². The average Bonchev–Trinajstić information content (AvgIpc) is 2.25. The molecule has 0 aliphatic carbocycles. The summed E-state index contributed by atoms with van der Waals surface area (Å²) >= 11 is 0. The number of piperidine rings is 1. The summed E-state index contributed by atoms with van der Waals surface area (Å²) in [7, 11) is 0. The Hall–Kier alpha value is -0.0400. The summed E-state index contributed by atoms with van der Waals surface area (Å²) in [4.78, 5) is 2.66. The molecule has 1 fully saturated rings. The predicted molar refractivity (Wildman–Crippen MR) is 63.7 cm³/mol. The minimum absolute atomic E-state index is 1.37. The van der Waals surface area contributed by atoms with Gasteiger partial charge in [0.2, 0.25) is 0 Å². The van der Waals surface area contributed by atoms with E-state index in [9.17, 15) is 0 Å². The first kappa shape index (κ1) is 12.0. The van der Waals surface area contributed by atoms with Gasteiger partial charge in [-0.2, -0.15) is 0 Å². The molecule has 1 nitrogen and oxygen atoms in total. The smallest absolute Gasteiger partial charge is 0.00187 e. The van der Waals surface area contributed by atoms with Gasteiger partial charge in [-0.1, -0.05) is 45.4 Å². The second-order valence-corrected chi connectivity index (χ2v) is 4.67. The van der Waals surface area contributed by atoms with Crippen LogP contribution in [0.2, 0.25) is 0 Å². The summed E-state index contributed by atoms with van der Waals surface area (Å²) in [5.74, 6) is 0. The van der Waals surface area contributed by atoms with Crippen molar-refractivity contribution in [2.45, 2.75) is 64.7 Å². The molecule has 0 amide bonds. The van der Waals surface area contributed by atoms with Gasteiger partial charge in [-0.15, -0.1) is 0 Å². The van der Waals surface area contributed by atoms with Gasteiger partial charge < -0.3 is 4.90 Å². The molecule has 1 heterocycles. The molecule has 0 atom stereocenters. The van der Waals surface area contributed by atoms with E-state index in [2.05, 4.69) is 11.8 Å². The summed E-state index contributed by atoms with van der Waals surface area (Å²) in [6.07, 6.45) is 13.0. The first-order valence-corrected chi connectivity index (χ1v) is 6.66. The number of nitrogens with zero attached hydrogens (tertiary/aromatic N) is 1. The van der Waals surface area contributed by atoms with E-state index in [0.29, 0.717) is 0 Å². The van der Waals surface area contributed by atoms with Gasteiger partial charge in [0, 0.05) is 0 Å². The summed E-state index contributed by atoms with van der Waals surface area (Å²) in [5, 5.41) is 0. The molecule has 0 aromatic heterocycles. The van der Waals surface area contributed by atoms with Crippen LogP contribution in [-0.2, 0) is 0 Å². The lowest BCUT2D eigenvalue weighted by Gasteiger charge is -2.26. The SMILES string of the molecule is CCCCCCCCN1CCCCC1. The largest absolute Gasteiger partial charge is 0.303 e. The molecule has 0 unspecified atom stereocenters. The highest BCUT2D eigenvalue weighted by molar-refractivity contribution is 4.64. The molecule has 0 saturated carbocycles. The fourth-order valence-corrected chi connectivity index (χ4v) is 2.30. The summed E-state index contributed by atoms with van der Waals surface area (Å²) in [6, 6.07) is 0. The maximum atomic E-state index is 2.66. The van der Waals surface area contributed by atoms with Crippen LogP contribution in [0, 0.1) is 0 Å². The van der Waals surface area contributed by atoms with Crippen molar-refractivity contribution < 1.29 is 0 Å². The van der Waals surface area contributed by atoms with Crippen molar-refractivity contribution in [3.63, 3.8) is 0 Å². The van der Waals surface area contributed by atoms with E-state index in [1.807, 2.05) is 0 Å². The second kappa shape index (κ2) is 8.28. The molecule has 0 bridgehead atoms. The zero-order valence-electron chi connectivity index (χ0n) is 9.93. The number of rotatable bonds is 7. The van der Waals surface area contributed by atoms with E-state index >= 15 is 0 Å². The molecule has 84 valence electrons. The average molecular weight is 197 g/mol. The zero-order valence-corrected chi connectivity index (χ0v) is 9.93. The molecule has 1 heteroatoms. The van der Waals surface area contributed by atoms with Crippen molar-refractivity contribution in [1.82, 2.24) is 4.90 Å². The van der Waals surface area contributed by atoms with Crippen LogP contribution >= 0.6 is 0 Å². The van der Waals surface area contributed by atoms with Crippen LogP contribution in [0.3, 0.4) is 0 Å². The zero-order chi connectivity index (χ0) is 10.1. The number of hydrogen-bond donors (Lipinski definition) is 0. The first-order chi connectivity index (χ1) is 6.93. The van der Waals surface area contributed by atoms with Crippen molar-refractivity contribution in [1.29, 1.82) is 0 Å². The maximum Gasteiger partial charge on any atom is -0.00187 e. The molecule has 1 rings (SSSR count). The van der Waals surface area contributed by atoms with Gasteiger partial charge in [0.1, 0.15) is 0 Å². The Morgan fingerprint density at radius 2 is 1.43 bits per heavy atom. The quantitative estimate of drug-likeness (QED) is 0.561. The molecular formula is C13H27N. The minimum atomic E-state index is 1.37. The first-order valence-electron chi connectivity index (χ1n) is 6.66. The van der Waals surface area contributed by atoms with Crippen LogP contribution < -0.4 is 0 Å². The third kappa shape index (κ3) is 5.64. The molecule has 1 aliphatic heterocycles. The van der Waals surface area contributed by atoms with Crippen molar-refractivity contribution in [3.05, 3.63) is 0 Å². The van der Waals surface area contributed by atoms with E-state index in [-0.39, 0.29) is 0 Å². The summed E-state index contributed by atoms with van der Waals surface area (Å²) in [6.45, 7) is 6.39. The highest BCUT2D eigenvalue weighted by atomic mass is 15.1. The molecule has 1 saturated heterocycles. The Balaban J connectivity index is 1.82. The van der Waals surface area contributed by atoms with Crippen molar-refractivity contribution in [2.24, 2.45) is 0 Å². The Morgan fingerprint density at radius 1 is 0.786 bits per heavy atom. The monoisotopic (exact) mass is 197 g/mol. The van der Waals surface area contributed by atoms with E-state index in [1.54, 1.807) is 0 Å². The summed E-state index contributed by atoms with van der Waals surface area (Å²) in [5.41, 5.74) is 0. The molecule has 0 spiro atoms. The van der Waals surface area contributed by atoms with Gasteiger partial charge >= 0.3 is 0 Å². The fourth-order valence-electron chi connectivity index (χ4n) is 2.30. The number of unbranched alkanes of at least 4 members (excludes halogenated alkanes) is 5. The Morgan fingerprint density at radius 3 is 2.14 bits per heavy atom. The van der Waals surface area contributed by atoms with E-state index < -0.39 is 0 Å². The lowest BCUT2D eigenvalue weighted by molar-refractivity contribution is 0.224. The molecule has 0 radical (unpaired) electrons. The standard InChI is InChI=1S/C13H27N/c1-2-3-4-5-6-8-11-14-12-9-7-10-13-14/h2-13H2,1H3. The minimum Gasteiger partial charge on any atom is -0.303 e. The van der Waals surface area contributed by atoms with Crippen LogP contribution in [-0.4, -0.2) is 24.5 Å². The molecule has 0 aromatic carbocycles. The van der Waals surface area contributed by atoms with Crippen molar-refractivity contribution in [3.8, 4) is 0 Å².